The van der Waals surface area contributed by atoms with Crippen LogP contribution in [0.2, 0.25) is 5.02 Å². The lowest BCUT2D eigenvalue weighted by Gasteiger charge is -2.20. The predicted octanol–water partition coefficient (Wildman–Crippen LogP) is 3.76. The molecule has 2 rings (SSSR count). The van der Waals surface area contributed by atoms with Gasteiger partial charge in [-0.15, -0.1) is 0 Å². The Balaban J connectivity index is 2.17. The average Bonchev–Trinajstić information content (AvgIpc) is 2.55. The van der Waals surface area contributed by atoms with Crippen LogP contribution in [0.3, 0.4) is 0 Å². The first-order valence-electron chi connectivity index (χ1n) is 7.62. The van der Waals surface area contributed by atoms with Crippen LogP contribution in [0.1, 0.15) is 11.1 Å². The molecular weight excluding hydrogens is 405 g/mol. The van der Waals surface area contributed by atoms with Crippen LogP contribution >= 0.6 is 11.6 Å². The third kappa shape index (κ3) is 6.23. The van der Waals surface area contributed by atoms with E-state index in [-0.39, 0.29) is 6.54 Å². The number of sulfonamides is 1. The van der Waals surface area contributed by atoms with Gasteiger partial charge in [-0.1, -0.05) is 35.9 Å². The van der Waals surface area contributed by atoms with Crippen LogP contribution in [0.5, 0.6) is 0 Å². The van der Waals surface area contributed by atoms with E-state index in [1.807, 2.05) is 0 Å². The minimum absolute atomic E-state index is 0.121. The number of para-hydroxylation sites is 1. The van der Waals surface area contributed by atoms with E-state index in [0.29, 0.717) is 10.6 Å². The van der Waals surface area contributed by atoms with Crippen LogP contribution in [0.25, 0.3) is 0 Å². The van der Waals surface area contributed by atoms with E-state index in [1.54, 1.807) is 24.3 Å². The molecule has 0 saturated carbocycles. The van der Waals surface area contributed by atoms with Crippen molar-refractivity contribution in [1.29, 1.82) is 0 Å². The molecule has 27 heavy (non-hydrogen) atoms. The van der Waals surface area contributed by atoms with E-state index in [9.17, 15) is 26.4 Å². The monoisotopic (exact) mass is 420 g/mol. The fraction of sp³-hybridized carbons (Fsp3) is 0.235. The largest absolute Gasteiger partial charge is 0.418 e. The van der Waals surface area contributed by atoms with Gasteiger partial charge in [-0.2, -0.15) is 17.5 Å². The predicted molar refractivity (Wildman–Crippen MR) is 96.8 cm³/mol. The van der Waals surface area contributed by atoms with Gasteiger partial charge in [0.25, 0.3) is 0 Å². The van der Waals surface area contributed by atoms with Crippen LogP contribution in [-0.2, 0) is 27.5 Å². The highest BCUT2D eigenvalue weighted by molar-refractivity contribution is 7.88. The number of halogens is 4. The van der Waals surface area contributed by atoms with E-state index in [1.165, 1.54) is 12.1 Å². The zero-order valence-electron chi connectivity index (χ0n) is 14.1. The SMILES string of the molecule is CS(=O)(=O)N(CC(=O)Nc1ccccc1C(F)(F)F)Cc1ccc(Cl)cc1. The Kier molecular flexibility index (Phi) is 6.50. The molecule has 0 saturated heterocycles. The summed E-state index contributed by atoms with van der Waals surface area (Å²) >= 11 is 5.78. The third-order valence-corrected chi connectivity index (χ3v) is 5.02. The number of benzene rings is 2. The molecule has 0 aliphatic carbocycles. The number of amides is 1. The summed E-state index contributed by atoms with van der Waals surface area (Å²) in [7, 11) is -3.78. The van der Waals surface area contributed by atoms with Crippen LogP contribution in [0.4, 0.5) is 18.9 Å². The molecule has 0 heterocycles. The summed E-state index contributed by atoms with van der Waals surface area (Å²) in [6.07, 6.45) is -3.73. The van der Waals surface area contributed by atoms with E-state index in [4.69, 9.17) is 11.6 Å². The molecule has 0 aliphatic heterocycles. The molecule has 1 N–H and O–H groups in total. The van der Waals surface area contributed by atoms with Crippen LogP contribution in [-0.4, -0.2) is 31.4 Å². The number of hydrogen-bond donors (Lipinski definition) is 1. The van der Waals surface area contributed by atoms with Crippen molar-refractivity contribution in [1.82, 2.24) is 4.31 Å². The molecule has 0 aliphatic rings. The molecule has 0 fully saturated rings. The highest BCUT2D eigenvalue weighted by Gasteiger charge is 2.33. The van der Waals surface area contributed by atoms with Crippen molar-refractivity contribution in [3.8, 4) is 0 Å². The Morgan fingerprint density at radius 2 is 1.70 bits per heavy atom. The molecule has 0 radical (unpaired) electrons. The number of nitrogens with one attached hydrogen (secondary N) is 1. The number of carbonyl (C=O) groups excluding carboxylic acids is 1. The molecule has 0 atom stereocenters. The van der Waals surface area contributed by atoms with Gasteiger partial charge in [0.1, 0.15) is 0 Å². The maximum absolute atomic E-state index is 13.0. The normalized spacial score (nSPS) is 12.2. The van der Waals surface area contributed by atoms with E-state index in [0.717, 1.165) is 22.7 Å². The zero-order valence-corrected chi connectivity index (χ0v) is 15.7. The standard InChI is InChI=1S/C17H16ClF3N2O3S/c1-27(25,26)23(10-12-6-8-13(18)9-7-12)11-16(24)22-15-5-3-2-4-14(15)17(19,20)21/h2-9H,10-11H2,1H3,(H,22,24). The minimum Gasteiger partial charge on any atom is -0.324 e. The topological polar surface area (TPSA) is 66.5 Å². The Bertz CT molecular complexity index is 916. The van der Waals surface area contributed by atoms with E-state index < -0.39 is 39.9 Å². The lowest BCUT2D eigenvalue weighted by molar-refractivity contribution is -0.137. The summed E-state index contributed by atoms with van der Waals surface area (Å²) in [6.45, 7) is -0.752. The molecule has 2 aromatic rings. The molecule has 146 valence electrons. The molecule has 5 nitrogen and oxygen atoms in total. The summed E-state index contributed by atoms with van der Waals surface area (Å²) in [4.78, 5) is 12.2. The second-order valence-electron chi connectivity index (χ2n) is 5.75. The minimum atomic E-state index is -4.65. The van der Waals surface area contributed by atoms with Gasteiger partial charge in [-0.05, 0) is 29.8 Å². The summed E-state index contributed by atoms with van der Waals surface area (Å²) in [5.74, 6) is -0.883. The summed E-state index contributed by atoms with van der Waals surface area (Å²) < 4.78 is 63.8. The van der Waals surface area contributed by atoms with Gasteiger partial charge >= 0.3 is 6.18 Å². The highest BCUT2D eigenvalue weighted by atomic mass is 35.5. The van der Waals surface area contributed by atoms with Gasteiger partial charge in [-0.25, -0.2) is 8.42 Å². The van der Waals surface area contributed by atoms with Gasteiger partial charge in [0.15, 0.2) is 0 Å². The summed E-state index contributed by atoms with van der Waals surface area (Å²) in [5.41, 5.74) is -0.870. The van der Waals surface area contributed by atoms with Crippen molar-refractivity contribution in [2.24, 2.45) is 0 Å². The van der Waals surface area contributed by atoms with Crippen molar-refractivity contribution in [3.63, 3.8) is 0 Å². The van der Waals surface area contributed by atoms with Crippen LogP contribution < -0.4 is 5.32 Å². The van der Waals surface area contributed by atoms with Gasteiger partial charge in [-0.3, -0.25) is 4.79 Å². The number of nitrogens with zero attached hydrogens (tertiary/aromatic N) is 1. The van der Waals surface area contributed by atoms with Gasteiger partial charge in [0, 0.05) is 11.6 Å². The Labute approximate surface area is 159 Å². The third-order valence-electron chi connectivity index (χ3n) is 3.57. The Morgan fingerprint density at radius 1 is 1.11 bits per heavy atom. The second kappa shape index (κ2) is 8.28. The first-order valence-corrected chi connectivity index (χ1v) is 9.85. The van der Waals surface area contributed by atoms with Crippen molar-refractivity contribution in [2.75, 3.05) is 18.1 Å². The Morgan fingerprint density at radius 3 is 2.26 bits per heavy atom. The fourth-order valence-corrected chi connectivity index (χ4v) is 3.13. The van der Waals surface area contributed by atoms with Crippen molar-refractivity contribution in [3.05, 3.63) is 64.7 Å². The number of hydrogen-bond acceptors (Lipinski definition) is 3. The molecule has 0 bridgehead atoms. The fourth-order valence-electron chi connectivity index (χ4n) is 2.27. The maximum Gasteiger partial charge on any atom is 0.418 e. The van der Waals surface area contributed by atoms with Gasteiger partial charge < -0.3 is 5.32 Å². The molecular formula is C17H16ClF3N2O3S. The summed E-state index contributed by atoms with van der Waals surface area (Å²) in [6, 6.07) is 10.8. The Hall–Kier alpha value is -2.10. The zero-order chi connectivity index (χ0) is 20.2. The molecule has 0 spiro atoms. The lowest BCUT2D eigenvalue weighted by atomic mass is 10.1. The highest BCUT2D eigenvalue weighted by Crippen LogP contribution is 2.34. The first kappa shape index (κ1) is 21.2. The number of carbonyl (C=O) groups is 1. The van der Waals surface area contributed by atoms with Crippen molar-refractivity contribution >= 4 is 33.2 Å². The van der Waals surface area contributed by atoms with E-state index >= 15 is 0 Å². The first-order chi connectivity index (χ1) is 12.5. The van der Waals surface area contributed by atoms with Crippen molar-refractivity contribution < 1.29 is 26.4 Å². The van der Waals surface area contributed by atoms with Crippen LogP contribution in [0, 0.1) is 0 Å². The number of anilines is 1. The van der Waals surface area contributed by atoms with E-state index in [2.05, 4.69) is 5.32 Å². The van der Waals surface area contributed by atoms with Gasteiger partial charge in [0.05, 0.1) is 24.1 Å². The second-order valence-corrected chi connectivity index (χ2v) is 8.17. The molecule has 0 unspecified atom stereocenters. The molecule has 0 aromatic heterocycles. The molecule has 2 aromatic carbocycles. The number of alkyl halides is 3. The maximum atomic E-state index is 13.0. The summed E-state index contributed by atoms with van der Waals surface area (Å²) in [5, 5.41) is 2.59. The average molecular weight is 421 g/mol. The smallest absolute Gasteiger partial charge is 0.324 e. The molecule has 10 heteroatoms. The molecule has 1 amide bonds. The van der Waals surface area contributed by atoms with Crippen LogP contribution in [0.15, 0.2) is 48.5 Å². The lowest BCUT2D eigenvalue weighted by Crippen LogP contribution is -2.37. The van der Waals surface area contributed by atoms with Crippen molar-refractivity contribution in [2.45, 2.75) is 12.7 Å². The van der Waals surface area contributed by atoms with Gasteiger partial charge in [0.2, 0.25) is 15.9 Å². The number of rotatable bonds is 6. The quantitative estimate of drug-likeness (QED) is 0.773.